The van der Waals surface area contributed by atoms with Crippen molar-refractivity contribution in [3.05, 3.63) is 65.7 Å². The second-order valence-corrected chi connectivity index (χ2v) is 8.68. The molecule has 0 bridgehead atoms. The minimum absolute atomic E-state index is 0.0604. The second kappa shape index (κ2) is 7.91. The summed E-state index contributed by atoms with van der Waals surface area (Å²) < 4.78 is 29.1. The van der Waals surface area contributed by atoms with Gasteiger partial charge in [-0.05, 0) is 43.2 Å². The van der Waals surface area contributed by atoms with Crippen LogP contribution in [0.1, 0.15) is 29.3 Å². The normalized spacial score (nSPS) is 18.4. The van der Waals surface area contributed by atoms with Crippen LogP contribution in [0, 0.1) is 0 Å². The lowest BCUT2D eigenvalue weighted by atomic mass is 10.1. The molecule has 1 aliphatic rings. The standard InChI is InChI=1S/C20H23NO4S/c1-2-21(18-12-13-26(23,24)15-18)20(22)17-8-10-19(11-9-17)25-14-16-6-4-3-5-7-16/h3-11,18H,2,12-15H2,1H3. The van der Waals surface area contributed by atoms with Crippen LogP contribution in [-0.4, -0.2) is 43.3 Å². The highest BCUT2D eigenvalue weighted by atomic mass is 32.2. The average molecular weight is 373 g/mol. The van der Waals surface area contributed by atoms with Crippen LogP contribution in [0.3, 0.4) is 0 Å². The summed E-state index contributed by atoms with van der Waals surface area (Å²) in [6, 6.07) is 16.6. The van der Waals surface area contributed by atoms with Gasteiger partial charge in [0.05, 0.1) is 11.5 Å². The van der Waals surface area contributed by atoms with E-state index in [0.29, 0.717) is 30.9 Å². The van der Waals surface area contributed by atoms with E-state index < -0.39 is 9.84 Å². The Morgan fingerprint density at radius 2 is 1.81 bits per heavy atom. The van der Waals surface area contributed by atoms with Gasteiger partial charge in [-0.25, -0.2) is 8.42 Å². The number of amides is 1. The Kier molecular flexibility index (Phi) is 5.61. The van der Waals surface area contributed by atoms with Gasteiger partial charge >= 0.3 is 0 Å². The molecule has 0 radical (unpaired) electrons. The first-order valence-corrected chi connectivity index (χ1v) is 10.6. The Balaban J connectivity index is 1.64. The Morgan fingerprint density at radius 1 is 1.12 bits per heavy atom. The summed E-state index contributed by atoms with van der Waals surface area (Å²) in [5.41, 5.74) is 1.62. The minimum Gasteiger partial charge on any atom is -0.489 e. The number of rotatable bonds is 6. The summed E-state index contributed by atoms with van der Waals surface area (Å²) in [6.07, 6.45) is 0.514. The molecule has 0 N–H and O–H groups in total. The van der Waals surface area contributed by atoms with E-state index in [4.69, 9.17) is 4.74 Å². The molecule has 3 rings (SSSR count). The number of nitrogens with zero attached hydrogens (tertiary/aromatic N) is 1. The van der Waals surface area contributed by atoms with E-state index >= 15 is 0 Å². The largest absolute Gasteiger partial charge is 0.489 e. The maximum absolute atomic E-state index is 12.8. The third-order valence-electron chi connectivity index (χ3n) is 4.60. The monoisotopic (exact) mass is 373 g/mol. The van der Waals surface area contributed by atoms with Crippen LogP contribution in [0.4, 0.5) is 0 Å². The Labute approximate surface area is 154 Å². The van der Waals surface area contributed by atoms with E-state index in [0.717, 1.165) is 5.56 Å². The number of benzene rings is 2. The molecule has 1 aliphatic heterocycles. The van der Waals surface area contributed by atoms with Crippen LogP contribution in [-0.2, 0) is 16.4 Å². The Hall–Kier alpha value is -2.34. The quantitative estimate of drug-likeness (QED) is 0.781. The van der Waals surface area contributed by atoms with Crippen molar-refractivity contribution in [2.24, 2.45) is 0 Å². The molecule has 1 saturated heterocycles. The summed E-state index contributed by atoms with van der Waals surface area (Å²) in [7, 11) is -3.02. The highest BCUT2D eigenvalue weighted by Crippen LogP contribution is 2.21. The van der Waals surface area contributed by atoms with Crippen LogP contribution in [0.2, 0.25) is 0 Å². The van der Waals surface area contributed by atoms with Gasteiger partial charge in [0, 0.05) is 18.2 Å². The molecule has 26 heavy (non-hydrogen) atoms. The summed E-state index contributed by atoms with van der Waals surface area (Å²) in [5.74, 6) is 0.777. The lowest BCUT2D eigenvalue weighted by Gasteiger charge is -2.27. The molecule has 0 aliphatic carbocycles. The number of hydrogen-bond donors (Lipinski definition) is 0. The molecule has 1 amide bonds. The van der Waals surface area contributed by atoms with Crippen molar-refractivity contribution < 1.29 is 17.9 Å². The first-order valence-electron chi connectivity index (χ1n) is 8.76. The van der Waals surface area contributed by atoms with Crippen LogP contribution in [0.15, 0.2) is 54.6 Å². The summed E-state index contributed by atoms with van der Waals surface area (Å²) >= 11 is 0. The van der Waals surface area contributed by atoms with Crippen molar-refractivity contribution in [2.45, 2.75) is 26.0 Å². The molecule has 1 unspecified atom stereocenters. The van der Waals surface area contributed by atoms with Crippen LogP contribution in [0.5, 0.6) is 5.75 Å². The van der Waals surface area contributed by atoms with Gasteiger partial charge in [0.1, 0.15) is 12.4 Å². The SMILES string of the molecule is CCN(C(=O)c1ccc(OCc2ccccc2)cc1)C1CCS(=O)(=O)C1. The molecule has 2 aromatic rings. The summed E-state index contributed by atoms with van der Waals surface area (Å²) in [4.78, 5) is 14.4. The topological polar surface area (TPSA) is 63.7 Å². The van der Waals surface area contributed by atoms with E-state index in [1.54, 1.807) is 29.2 Å². The maximum Gasteiger partial charge on any atom is 0.254 e. The smallest absolute Gasteiger partial charge is 0.254 e. The fourth-order valence-corrected chi connectivity index (χ4v) is 4.92. The molecule has 1 heterocycles. The predicted octanol–water partition coefficient (Wildman–Crippen LogP) is 2.91. The highest BCUT2D eigenvalue weighted by molar-refractivity contribution is 7.91. The zero-order chi connectivity index (χ0) is 18.6. The number of carbonyl (C=O) groups excluding carboxylic acids is 1. The molecule has 6 heteroatoms. The first-order chi connectivity index (χ1) is 12.5. The fraction of sp³-hybridized carbons (Fsp3) is 0.350. The molecule has 0 spiro atoms. The van der Waals surface area contributed by atoms with Crippen molar-refractivity contribution in [2.75, 3.05) is 18.1 Å². The first kappa shape index (κ1) is 18.5. The van der Waals surface area contributed by atoms with Gasteiger partial charge < -0.3 is 9.64 Å². The van der Waals surface area contributed by atoms with E-state index in [-0.39, 0.29) is 23.5 Å². The van der Waals surface area contributed by atoms with E-state index in [2.05, 4.69) is 0 Å². The lowest BCUT2D eigenvalue weighted by molar-refractivity contribution is 0.0708. The number of hydrogen-bond acceptors (Lipinski definition) is 4. The number of sulfone groups is 1. The van der Waals surface area contributed by atoms with Gasteiger partial charge in [0.25, 0.3) is 5.91 Å². The van der Waals surface area contributed by atoms with Gasteiger partial charge in [-0.3, -0.25) is 4.79 Å². The second-order valence-electron chi connectivity index (χ2n) is 6.45. The van der Waals surface area contributed by atoms with Gasteiger partial charge in [-0.2, -0.15) is 0 Å². The van der Waals surface area contributed by atoms with Crippen LogP contribution < -0.4 is 4.74 Å². The van der Waals surface area contributed by atoms with Gasteiger partial charge in [0.2, 0.25) is 0 Å². The molecule has 0 saturated carbocycles. The van der Waals surface area contributed by atoms with Crippen molar-refractivity contribution in [1.29, 1.82) is 0 Å². The molecular weight excluding hydrogens is 350 g/mol. The summed E-state index contributed by atoms with van der Waals surface area (Å²) in [6.45, 7) is 2.83. The zero-order valence-corrected chi connectivity index (χ0v) is 15.6. The molecular formula is C20H23NO4S. The third kappa shape index (κ3) is 4.43. The van der Waals surface area contributed by atoms with E-state index in [1.165, 1.54) is 0 Å². The van der Waals surface area contributed by atoms with Crippen molar-refractivity contribution in [3.8, 4) is 5.75 Å². The van der Waals surface area contributed by atoms with Crippen molar-refractivity contribution in [3.63, 3.8) is 0 Å². The zero-order valence-electron chi connectivity index (χ0n) is 14.8. The third-order valence-corrected chi connectivity index (χ3v) is 6.35. The molecule has 138 valence electrons. The summed E-state index contributed by atoms with van der Waals surface area (Å²) in [5, 5.41) is 0. The predicted molar refractivity (Wildman–Crippen MR) is 101 cm³/mol. The fourth-order valence-electron chi connectivity index (χ4n) is 3.19. The molecule has 0 aromatic heterocycles. The van der Waals surface area contributed by atoms with Crippen LogP contribution in [0.25, 0.3) is 0 Å². The van der Waals surface area contributed by atoms with Crippen LogP contribution >= 0.6 is 0 Å². The van der Waals surface area contributed by atoms with E-state index in [1.807, 2.05) is 37.3 Å². The highest BCUT2D eigenvalue weighted by Gasteiger charge is 2.34. The molecule has 1 fully saturated rings. The van der Waals surface area contributed by atoms with Crippen molar-refractivity contribution >= 4 is 15.7 Å². The van der Waals surface area contributed by atoms with Gasteiger partial charge in [0.15, 0.2) is 9.84 Å². The van der Waals surface area contributed by atoms with Gasteiger partial charge in [-0.1, -0.05) is 30.3 Å². The molecule has 2 aromatic carbocycles. The van der Waals surface area contributed by atoms with E-state index in [9.17, 15) is 13.2 Å². The average Bonchev–Trinajstić information content (AvgIpc) is 3.01. The lowest BCUT2D eigenvalue weighted by Crippen LogP contribution is -2.40. The number of ether oxygens (including phenoxy) is 1. The molecule has 5 nitrogen and oxygen atoms in total. The Morgan fingerprint density at radius 3 is 2.38 bits per heavy atom. The minimum atomic E-state index is -3.02. The van der Waals surface area contributed by atoms with Crippen molar-refractivity contribution in [1.82, 2.24) is 4.90 Å². The Bertz CT molecular complexity index is 847. The number of carbonyl (C=O) groups is 1. The molecule has 1 atom stereocenters. The van der Waals surface area contributed by atoms with Gasteiger partial charge in [-0.15, -0.1) is 0 Å². The maximum atomic E-state index is 12.8.